The summed E-state index contributed by atoms with van der Waals surface area (Å²) in [4.78, 5) is 24.1. The van der Waals surface area contributed by atoms with Gasteiger partial charge in [-0.15, -0.1) is 0 Å². The van der Waals surface area contributed by atoms with E-state index in [1.807, 2.05) is 30.3 Å². The number of carbonyl (C=O) groups is 2. The molecule has 24 heavy (non-hydrogen) atoms. The van der Waals surface area contributed by atoms with Crippen LogP contribution in [0.2, 0.25) is 10.0 Å². The zero-order valence-electron chi connectivity index (χ0n) is 12.7. The second kappa shape index (κ2) is 8.38. The van der Waals surface area contributed by atoms with Crippen LogP contribution in [0, 0.1) is 0 Å². The van der Waals surface area contributed by atoms with E-state index in [4.69, 9.17) is 23.2 Å². The Morgan fingerprint density at radius 1 is 1.08 bits per heavy atom. The molecule has 2 rings (SSSR count). The lowest BCUT2D eigenvalue weighted by molar-refractivity contribution is -0.136. The maximum Gasteiger partial charge on any atom is 0.356 e. The molecule has 0 aliphatic rings. The van der Waals surface area contributed by atoms with Crippen LogP contribution in [0.5, 0.6) is 0 Å². The molecule has 0 heterocycles. The SMILES string of the molecule is COC(=O)/C(=C/Nc1ccccc1)NC(=O)c1ccc(Cl)cc1Cl. The number of hydrogen-bond acceptors (Lipinski definition) is 4. The Morgan fingerprint density at radius 3 is 2.42 bits per heavy atom. The van der Waals surface area contributed by atoms with Gasteiger partial charge in [-0.05, 0) is 30.3 Å². The van der Waals surface area contributed by atoms with E-state index in [0.717, 1.165) is 5.69 Å². The molecule has 0 aliphatic carbocycles. The summed E-state index contributed by atoms with van der Waals surface area (Å²) in [5.41, 5.74) is 0.880. The van der Waals surface area contributed by atoms with Gasteiger partial charge in [0, 0.05) is 16.9 Å². The van der Waals surface area contributed by atoms with E-state index in [0.29, 0.717) is 5.02 Å². The van der Waals surface area contributed by atoms with Gasteiger partial charge in [0.1, 0.15) is 5.70 Å². The number of esters is 1. The van der Waals surface area contributed by atoms with Gasteiger partial charge in [-0.25, -0.2) is 4.79 Å². The van der Waals surface area contributed by atoms with Crippen molar-refractivity contribution < 1.29 is 14.3 Å². The van der Waals surface area contributed by atoms with Gasteiger partial charge < -0.3 is 15.4 Å². The van der Waals surface area contributed by atoms with Gasteiger partial charge in [0.15, 0.2) is 0 Å². The smallest absolute Gasteiger partial charge is 0.356 e. The largest absolute Gasteiger partial charge is 0.464 e. The monoisotopic (exact) mass is 364 g/mol. The summed E-state index contributed by atoms with van der Waals surface area (Å²) >= 11 is 11.8. The fourth-order valence-corrected chi connectivity index (χ4v) is 2.30. The summed E-state index contributed by atoms with van der Waals surface area (Å²) in [7, 11) is 1.22. The van der Waals surface area contributed by atoms with Crippen molar-refractivity contribution in [2.75, 3.05) is 12.4 Å². The third-order valence-corrected chi connectivity index (χ3v) is 3.53. The van der Waals surface area contributed by atoms with E-state index >= 15 is 0 Å². The molecule has 0 aromatic heterocycles. The zero-order valence-corrected chi connectivity index (χ0v) is 14.2. The average molecular weight is 365 g/mol. The highest BCUT2D eigenvalue weighted by atomic mass is 35.5. The van der Waals surface area contributed by atoms with Crippen LogP contribution in [-0.4, -0.2) is 19.0 Å². The predicted molar refractivity (Wildman–Crippen MR) is 94.1 cm³/mol. The van der Waals surface area contributed by atoms with E-state index in [1.165, 1.54) is 31.5 Å². The Bertz CT molecular complexity index is 777. The molecule has 0 saturated carbocycles. The summed E-state index contributed by atoms with van der Waals surface area (Å²) in [6, 6.07) is 13.6. The molecule has 0 spiro atoms. The summed E-state index contributed by atoms with van der Waals surface area (Å²) in [6.45, 7) is 0. The summed E-state index contributed by atoms with van der Waals surface area (Å²) in [6.07, 6.45) is 1.35. The van der Waals surface area contributed by atoms with Gasteiger partial charge in [-0.3, -0.25) is 4.79 Å². The maximum atomic E-state index is 12.3. The lowest BCUT2D eigenvalue weighted by atomic mass is 10.2. The van der Waals surface area contributed by atoms with Gasteiger partial charge in [0.25, 0.3) is 5.91 Å². The Balaban J connectivity index is 2.19. The Labute approximate surface area is 149 Å². The number of carbonyl (C=O) groups excluding carboxylic acids is 2. The molecule has 0 radical (unpaired) electrons. The lowest BCUT2D eigenvalue weighted by Gasteiger charge is -2.10. The number of benzene rings is 2. The van der Waals surface area contributed by atoms with Gasteiger partial charge in [0.05, 0.1) is 17.7 Å². The number of rotatable bonds is 5. The van der Waals surface area contributed by atoms with E-state index in [-0.39, 0.29) is 16.3 Å². The highest BCUT2D eigenvalue weighted by Gasteiger charge is 2.17. The summed E-state index contributed by atoms with van der Waals surface area (Å²) in [5, 5.41) is 5.97. The fourth-order valence-electron chi connectivity index (χ4n) is 1.81. The van der Waals surface area contributed by atoms with Crippen molar-refractivity contribution in [1.82, 2.24) is 5.32 Å². The number of para-hydroxylation sites is 1. The van der Waals surface area contributed by atoms with E-state index in [2.05, 4.69) is 15.4 Å². The topological polar surface area (TPSA) is 67.4 Å². The van der Waals surface area contributed by atoms with Crippen LogP contribution in [0.4, 0.5) is 5.69 Å². The molecular formula is C17H14Cl2N2O3. The number of amides is 1. The average Bonchev–Trinajstić information content (AvgIpc) is 2.58. The molecule has 0 fully saturated rings. The normalized spacial score (nSPS) is 10.9. The molecule has 124 valence electrons. The van der Waals surface area contributed by atoms with Crippen molar-refractivity contribution >= 4 is 40.8 Å². The van der Waals surface area contributed by atoms with Crippen LogP contribution >= 0.6 is 23.2 Å². The molecule has 2 aromatic carbocycles. The maximum absolute atomic E-state index is 12.3. The van der Waals surface area contributed by atoms with Crippen molar-refractivity contribution in [3.05, 3.63) is 76.0 Å². The highest BCUT2D eigenvalue weighted by molar-refractivity contribution is 6.36. The van der Waals surface area contributed by atoms with Crippen LogP contribution in [-0.2, 0) is 9.53 Å². The van der Waals surface area contributed by atoms with E-state index < -0.39 is 11.9 Å². The zero-order chi connectivity index (χ0) is 17.5. The molecule has 5 nitrogen and oxygen atoms in total. The van der Waals surface area contributed by atoms with Gasteiger partial charge in [0.2, 0.25) is 0 Å². The first-order chi connectivity index (χ1) is 11.5. The number of nitrogens with one attached hydrogen (secondary N) is 2. The molecule has 0 bridgehead atoms. The predicted octanol–water partition coefficient (Wildman–Crippen LogP) is 3.85. The quantitative estimate of drug-likeness (QED) is 0.624. The first-order valence-electron chi connectivity index (χ1n) is 6.87. The van der Waals surface area contributed by atoms with Crippen molar-refractivity contribution in [3.63, 3.8) is 0 Å². The molecule has 2 N–H and O–H groups in total. The molecule has 7 heteroatoms. The minimum absolute atomic E-state index is 0.0580. The van der Waals surface area contributed by atoms with Crippen LogP contribution in [0.25, 0.3) is 0 Å². The first kappa shape index (κ1) is 17.8. The van der Waals surface area contributed by atoms with Gasteiger partial charge in [-0.2, -0.15) is 0 Å². The number of ether oxygens (including phenoxy) is 1. The molecular weight excluding hydrogens is 351 g/mol. The number of hydrogen-bond donors (Lipinski definition) is 2. The summed E-state index contributed by atoms with van der Waals surface area (Å²) < 4.78 is 4.67. The number of halogens is 2. The first-order valence-corrected chi connectivity index (χ1v) is 7.63. The standard InChI is InChI=1S/C17H14Cl2N2O3/c1-24-17(23)15(10-20-12-5-3-2-4-6-12)21-16(22)13-8-7-11(18)9-14(13)19/h2-10,20H,1H3,(H,21,22)/b15-10-. The second-order valence-corrected chi connectivity index (χ2v) is 5.48. The van der Waals surface area contributed by atoms with Crippen LogP contribution in [0.15, 0.2) is 60.4 Å². The summed E-state index contributed by atoms with van der Waals surface area (Å²) in [5.74, 6) is -1.25. The van der Waals surface area contributed by atoms with Gasteiger partial charge in [-0.1, -0.05) is 41.4 Å². The van der Waals surface area contributed by atoms with Crippen molar-refractivity contribution in [1.29, 1.82) is 0 Å². The minimum Gasteiger partial charge on any atom is -0.464 e. The fraction of sp³-hybridized carbons (Fsp3) is 0.0588. The molecule has 0 atom stereocenters. The molecule has 2 aromatic rings. The van der Waals surface area contributed by atoms with Crippen molar-refractivity contribution in [2.24, 2.45) is 0 Å². The van der Waals surface area contributed by atoms with E-state index in [1.54, 1.807) is 0 Å². The van der Waals surface area contributed by atoms with Crippen LogP contribution < -0.4 is 10.6 Å². The third-order valence-electron chi connectivity index (χ3n) is 2.99. The van der Waals surface area contributed by atoms with Crippen LogP contribution in [0.1, 0.15) is 10.4 Å². The second-order valence-electron chi connectivity index (χ2n) is 4.64. The van der Waals surface area contributed by atoms with E-state index in [9.17, 15) is 9.59 Å². The Kier molecular flexibility index (Phi) is 6.23. The molecule has 0 saturated heterocycles. The Hall–Kier alpha value is -2.50. The highest BCUT2D eigenvalue weighted by Crippen LogP contribution is 2.21. The number of methoxy groups -OCH3 is 1. The third kappa shape index (κ3) is 4.75. The minimum atomic E-state index is -0.697. The van der Waals surface area contributed by atoms with Crippen molar-refractivity contribution in [2.45, 2.75) is 0 Å². The molecule has 0 unspecified atom stereocenters. The molecule has 0 aliphatic heterocycles. The number of anilines is 1. The lowest BCUT2D eigenvalue weighted by Crippen LogP contribution is -2.29. The van der Waals surface area contributed by atoms with Crippen LogP contribution in [0.3, 0.4) is 0 Å². The Morgan fingerprint density at radius 2 is 1.79 bits per heavy atom. The van der Waals surface area contributed by atoms with Crippen molar-refractivity contribution in [3.8, 4) is 0 Å². The van der Waals surface area contributed by atoms with Gasteiger partial charge >= 0.3 is 5.97 Å². The molecule has 1 amide bonds.